The Balaban J connectivity index is 0.00000469. The molecule has 0 saturated carbocycles. The van der Waals surface area contributed by atoms with Gasteiger partial charge in [-0.25, -0.2) is 9.97 Å². The Labute approximate surface area is 389 Å². The van der Waals surface area contributed by atoms with Gasteiger partial charge in [0.1, 0.15) is 5.82 Å². The molecule has 0 N–H and O–H groups in total. The van der Waals surface area contributed by atoms with Gasteiger partial charge in [-0.3, -0.25) is 4.98 Å². The van der Waals surface area contributed by atoms with Gasteiger partial charge in [-0.2, -0.15) is 6.07 Å². The van der Waals surface area contributed by atoms with E-state index in [9.17, 15) is 0 Å². The second kappa shape index (κ2) is 15.9. The molecule has 0 bridgehead atoms. The molecule has 7 aromatic carbocycles. The van der Waals surface area contributed by atoms with Gasteiger partial charge in [-0.05, 0) is 75.8 Å². The van der Waals surface area contributed by atoms with Gasteiger partial charge in [0.05, 0.1) is 28.1 Å². The molecule has 0 radical (unpaired) electrons. The summed E-state index contributed by atoms with van der Waals surface area (Å²) in [7, 11) is 0. The third kappa shape index (κ3) is 6.91. The molecule has 12 aromatic rings. The smallest absolute Gasteiger partial charge is 0.503 e. The molecule has 0 unspecified atom stereocenters. The predicted molar refractivity (Wildman–Crippen MR) is 257 cm³/mol. The Morgan fingerprint density at radius 3 is 2.09 bits per heavy atom. The van der Waals surface area contributed by atoms with Gasteiger partial charge in [0, 0.05) is 45.4 Å². The van der Waals surface area contributed by atoms with Crippen LogP contribution >= 0.6 is 0 Å². The van der Waals surface area contributed by atoms with Crippen molar-refractivity contribution in [2.24, 2.45) is 0 Å². The molecule has 0 amide bonds. The number of pyridine rings is 2. The number of aromatic nitrogens is 5. The topological polar surface area (TPSA) is 70.9 Å². The summed E-state index contributed by atoms with van der Waals surface area (Å²) in [5, 5.41) is 3.85. The number of furan rings is 1. The van der Waals surface area contributed by atoms with Crippen molar-refractivity contribution in [2.75, 3.05) is 0 Å². The van der Waals surface area contributed by atoms with Crippen LogP contribution in [0.5, 0.6) is 11.5 Å². The first-order valence-electron chi connectivity index (χ1n) is 21.4. The summed E-state index contributed by atoms with van der Waals surface area (Å²) in [5.74, 6) is 2.50. The predicted octanol–water partition coefficient (Wildman–Crippen LogP) is 14.5. The van der Waals surface area contributed by atoms with Crippen LogP contribution in [0.25, 0.3) is 100 Å². The normalized spacial score (nSPS) is 11.8. The second-order valence-electron chi connectivity index (χ2n) is 17.1. The number of rotatable bonds is 7. The van der Waals surface area contributed by atoms with E-state index < -0.39 is 0 Å². The van der Waals surface area contributed by atoms with Crippen LogP contribution in [0.2, 0.25) is 0 Å². The Morgan fingerprint density at radius 1 is 0.569 bits per heavy atom. The van der Waals surface area contributed by atoms with Crippen LogP contribution in [-0.4, -0.2) is 24.1 Å². The molecule has 5 aromatic heterocycles. The molecule has 0 saturated heterocycles. The maximum absolute atomic E-state index is 6.90. The van der Waals surface area contributed by atoms with E-state index in [2.05, 4.69) is 157 Å². The molecule has 0 fully saturated rings. The third-order valence-corrected chi connectivity index (χ3v) is 12.0. The number of hydrogen-bond donors (Lipinski definition) is 0. The molecule has 65 heavy (non-hydrogen) atoms. The molecule has 0 atom stereocenters. The average molecular weight is 1020 g/mol. The van der Waals surface area contributed by atoms with Crippen molar-refractivity contribution in [3.63, 3.8) is 0 Å². The van der Waals surface area contributed by atoms with Gasteiger partial charge in [0.2, 0.25) is 5.71 Å². The zero-order valence-electron chi connectivity index (χ0n) is 35.7. The molecule has 8 heteroatoms. The molecule has 7 nitrogen and oxygen atoms in total. The molecular weight excluding hydrogens is 982 g/mol. The maximum atomic E-state index is 6.90. The van der Waals surface area contributed by atoms with Crippen molar-refractivity contribution in [2.45, 2.75) is 26.2 Å². The summed E-state index contributed by atoms with van der Waals surface area (Å²) < 4.78 is 18.1. The minimum Gasteiger partial charge on any atom is -0.503 e. The standard InChI is InChI=1S/C57H39N5O2.Pt/c1-57(2,3)38-30-31-58-53(32-38)61-50-24-14-11-21-42(50)43-27-26-39(35-52(43)61)63-40-33-45-44-28-29-47(37-18-8-5-9-19-37)60-56(44)64-54(45)46(34-40)55-59-48-22-12-15-25-51(48)62(55)49-23-13-10-20-41(49)36-16-6-4-7-17-36;/h4-33H,1-3H3;/q-2;+2. The van der Waals surface area contributed by atoms with Crippen LogP contribution in [0, 0.1) is 12.1 Å². The average Bonchev–Trinajstić information content (AvgIpc) is 4.01. The number of imidazole rings is 1. The first-order chi connectivity index (χ1) is 31.4. The van der Waals surface area contributed by atoms with Crippen LogP contribution in [-0.2, 0) is 26.5 Å². The fourth-order valence-electron chi connectivity index (χ4n) is 8.92. The first kappa shape index (κ1) is 40.2. The fourth-order valence-corrected chi connectivity index (χ4v) is 8.92. The van der Waals surface area contributed by atoms with Crippen molar-refractivity contribution in [1.29, 1.82) is 0 Å². The maximum Gasteiger partial charge on any atom is 2.00 e. The number of nitrogens with zero attached hydrogens (tertiary/aromatic N) is 5. The Hall–Kier alpha value is -7.60. The first-order valence-corrected chi connectivity index (χ1v) is 21.4. The summed E-state index contributed by atoms with van der Waals surface area (Å²) in [5.41, 5.74) is 11.6. The van der Waals surface area contributed by atoms with E-state index in [1.54, 1.807) is 0 Å². The van der Waals surface area contributed by atoms with Gasteiger partial charge < -0.3 is 18.3 Å². The summed E-state index contributed by atoms with van der Waals surface area (Å²) in [4.78, 5) is 15.3. The number of fused-ring (bicyclic) bond motifs is 7. The second-order valence-corrected chi connectivity index (χ2v) is 17.1. The van der Waals surface area contributed by atoms with Crippen LogP contribution in [0.1, 0.15) is 26.3 Å². The number of ether oxygens (including phenoxy) is 1. The van der Waals surface area contributed by atoms with E-state index in [0.717, 1.165) is 77.5 Å². The minimum absolute atomic E-state index is 0. The summed E-state index contributed by atoms with van der Waals surface area (Å²) in [6.07, 6.45) is 1.89. The monoisotopic (exact) mass is 1020 g/mol. The SMILES string of the molecule is CC(C)(C)c1ccnc(-n2c3[c-]c(Oc4[c-]c(-c5nc6ccccc6n5-c5ccccc5-c5ccccc5)c5oc6nc(-c7ccccc7)ccc6c5c4)ccc3c3ccccc32)c1.[Pt+2]. The number of hydrogen-bond acceptors (Lipinski definition) is 5. The van der Waals surface area contributed by atoms with E-state index in [1.165, 1.54) is 5.56 Å². The van der Waals surface area contributed by atoms with Crippen LogP contribution in [0.3, 0.4) is 0 Å². The van der Waals surface area contributed by atoms with E-state index in [4.69, 9.17) is 24.1 Å². The molecule has 12 rings (SSSR count). The zero-order chi connectivity index (χ0) is 42.9. The summed E-state index contributed by atoms with van der Waals surface area (Å²) in [6.45, 7) is 6.66. The van der Waals surface area contributed by atoms with Gasteiger partial charge in [-0.15, -0.1) is 17.5 Å². The van der Waals surface area contributed by atoms with Crippen molar-refractivity contribution in [3.8, 4) is 56.8 Å². The Bertz CT molecular complexity index is 3750. The summed E-state index contributed by atoms with van der Waals surface area (Å²) >= 11 is 0. The molecule has 0 aliphatic rings. The molecule has 314 valence electrons. The Morgan fingerprint density at radius 2 is 1.28 bits per heavy atom. The van der Waals surface area contributed by atoms with Crippen LogP contribution < -0.4 is 4.74 Å². The van der Waals surface area contributed by atoms with E-state index in [0.29, 0.717) is 34.2 Å². The van der Waals surface area contributed by atoms with Gasteiger partial charge in [-0.1, -0.05) is 153 Å². The van der Waals surface area contributed by atoms with Crippen molar-refractivity contribution in [1.82, 2.24) is 24.1 Å². The quantitative estimate of drug-likeness (QED) is 0.149. The minimum atomic E-state index is -0.0549. The molecule has 0 spiro atoms. The third-order valence-electron chi connectivity index (χ3n) is 12.0. The van der Waals surface area contributed by atoms with Crippen LogP contribution in [0.15, 0.2) is 187 Å². The zero-order valence-corrected chi connectivity index (χ0v) is 38.0. The number of para-hydroxylation sites is 4. The molecule has 5 heterocycles. The fraction of sp³-hybridized carbons (Fsp3) is 0.0702. The molecular formula is C57H39N5O2Pt. The number of benzene rings is 7. The van der Waals surface area contributed by atoms with E-state index in [-0.39, 0.29) is 26.5 Å². The van der Waals surface area contributed by atoms with Crippen molar-refractivity contribution < 1.29 is 30.2 Å². The largest absolute Gasteiger partial charge is 2.00 e. The Kier molecular flexibility index (Phi) is 9.82. The van der Waals surface area contributed by atoms with Gasteiger partial charge >= 0.3 is 21.1 Å². The molecule has 0 aliphatic heterocycles. The van der Waals surface area contributed by atoms with Crippen molar-refractivity contribution in [3.05, 3.63) is 200 Å². The van der Waals surface area contributed by atoms with Crippen LogP contribution in [0.4, 0.5) is 0 Å². The summed E-state index contributed by atoms with van der Waals surface area (Å²) in [6, 6.07) is 67.4. The van der Waals surface area contributed by atoms with Crippen molar-refractivity contribution >= 4 is 54.9 Å². The van der Waals surface area contributed by atoms with Gasteiger partial charge in [0.15, 0.2) is 0 Å². The van der Waals surface area contributed by atoms with E-state index in [1.807, 2.05) is 66.9 Å². The van der Waals surface area contributed by atoms with Gasteiger partial charge in [0.25, 0.3) is 0 Å². The van der Waals surface area contributed by atoms with E-state index >= 15 is 0 Å². The molecule has 0 aliphatic carbocycles.